The zero-order chi connectivity index (χ0) is 25.0. The van der Waals surface area contributed by atoms with Gasteiger partial charge in [0.05, 0.1) is 17.4 Å². The summed E-state index contributed by atoms with van der Waals surface area (Å²) in [4.78, 5) is 21.9. The van der Waals surface area contributed by atoms with E-state index in [1.165, 1.54) is 29.7 Å². The Morgan fingerprint density at radius 1 is 0.946 bits per heavy atom. The standard InChI is InChI=1S/C30H37N7/c1-34(27-13-5-11-25-12-6-15-31-29(25)27)22-26-23-37-28(33-26)14-16-32-30(37)36-20-18-35(19-21-36)17-7-10-24-8-3-2-4-9-24/h2-4,6,8-9,12,14-16,23,27H,5,7,10-11,13,17-22H2,1H3. The lowest BCUT2D eigenvalue weighted by Gasteiger charge is -2.35. The highest BCUT2D eigenvalue weighted by Crippen LogP contribution is 2.32. The van der Waals surface area contributed by atoms with Gasteiger partial charge in [-0.3, -0.25) is 19.2 Å². The molecule has 0 amide bonds. The lowest BCUT2D eigenvalue weighted by molar-refractivity contribution is 0.206. The van der Waals surface area contributed by atoms with Crippen LogP contribution in [0.1, 0.15) is 47.8 Å². The maximum atomic E-state index is 4.97. The predicted molar refractivity (Wildman–Crippen MR) is 148 cm³/mol. The summed E-state index contributed by atoms with van der Waals surface area (Å²) in [5.41, 5.74) is 6.12. The Morgan fingerprint density at radius 2 is 1.81 bits per heavy atom. The summed E-state index contributed by atoms with van der Waals surface area (Å²) in [6, 6.07) is 17.5. The third kappa shape index (κ3) is 5.38. The number of pyridine rings is 1. The molecule has 1 aliphatic carbocycles. The highest BCUT2D eigenvalue weighted by molar-refractivity contribution is 5.48. The smallest absolute Gasteiger partial charge is 0.211 e. The fourth-order valence-corrected chi connectivity index (χ4v) is 5.97. The molecule has 7 nitrogen and oxygen atoms in total. The zero-order valence-electron chi connectivity index (χ0n) is 21.8. The molecule has 0 radical (unpaired) electrons. The Bertz CT molecular complexity index is 1310. The quantitative estimate of drug-likeness (QED) is 0.361. The van der Waals surface area contributed by atoms with Gasteiger partial charge in [0.15, 0.2) is 0 Å². The predicted octanol–water partition coefficient (Wildman–Crippen LogP) is 4.39. The first-order valence-corrected chi connectivity index (χ1v) is 13.7. The molecule has 2 aliphatic rings. The summed E-state index contributed by atoms with van der Waals surface area (Å²) in [6.07, 6.45) is 11.9. The van der Waals surface area contributed by atoms with Crippen LogP contribution in [0.5, 0.6) is 0 Å². The average molecular weight is 496 g/mol. The van der Waals surface area contributed by atoms with Crippen molar-refractivity contribution in [2.75, 3.05) is 44.7 Å². The summed E-state index contributed by atoms with van der Waals surface area (Å²) in [7, 11) is 2.20. The van der Waals surface area contributed by atoms with E-state index in [0.29, 0.717) is 6.04 Å². The molecule has 0 N–H and O–H groups in total. The Balaban J connectivity index is 1.08. The second-order valence-electron chi connectivity index (χ2n) is 10.5. The van der Waals surface area contributed by atoms with Crippen molar-refractivity contribution in [2.45, 2.75) is 44.7 Å². The first-order valence-electron chi connectivity index (χ1n) is 13.7. The molecule has 1 fully saturated rings. The SMILES string of the molecule is CN(Cc1cn2c(N3CCN(CCCc4ccccc4)CC3)nccc2n1)C1CCCc2cccnc21. The summed E-state index contributed by atoms with van der Waals surface area (Å²) >= 11 is 0. The van der Waals surface area contributed by atoms with Gasteiger partial charge in [-0.25, -0.2) is 9.97 Å². The first-order chi connectivity index (χ1) is 18.2. The number of aryl methyl sites for hydroxylation is 2. The molecule has 1 unspecified atom stereocenters. The number of aromatic nitrogens is 4. The number of hydrogen-bond acceptors (Lipinski definition) is 6. The summed E-state index contributed by atoms with van der Waals surface area (Å²) in [5, 5.41) is 0. The van der Waals surface area contributed by atoms with E-state index in [2.05, 4.69) is 74.8 Å². The minimum atomic E-state index is 0.349. The number of fused-ring (bicyclic) bond motifs is 2. The molecule has 1 saturated heterocycles. The van der Waals surface area contributed by atoms with Crippen LogP contribution in [-0.4, -0.2) is 68.9 Å². The lowest BCUT2D eigenvalue weighted by Crippen LogP contribution is -2.47. The average Bonchev–Trinajstić information content (AvgIpc) is 3.36. The number of nitrogens with zero attached hydrogens (tertiary/aromatic N) is 7. The van der Waals surface area contributed by atoms with E-state index < -0.39 is 0 Å². The Morgan fingerprint density at radius 3 is 2.68 bits per heavy atom. The fourth-order valence-electron chi connectivity index (χ4n) is 5.97. The summed E-state index contributed by atoms with van der Waals surface area (Å²) < 4.78 is 2.18. The Hall–Kier alpha value is -3.29. The van der Waals surface area contributed by atoms with Crippen molar-refractivity contribution < 1.29 is 0 Å². The van der Waals surface area contributed by atoms with Crippen LogP contribution in [0.2, 0.25) is 0 Å². The van der Waals surface area contributed by atoms with E-state index >= 15 is 0 Å². The van der Waals surface area contributed by atoms with Crippen LogP contribution in [0.15, 0.2) is 67.1 Å². The Labute approximate surface area is 219 Å². The van der Waals surface area contributed by atoms with E-state index in [-0.39, 0.29) is 0 Å². The van der Waals surface area contributed by atoms with Crippen LogP contribution in [0.3, 0.4) is 0 Å². The molecule has 1 aromatic carbocycles. The molecule has 3 aromatic heterocycles. The number of benzene rings is 1. The van der Waals surface area contributed by atoms with E-state index in [4.69, 9.17) is 15.0 Å². The van der Waals surface area contributed by atoms with E-state index in [1.54, 1.807) is 0 Å². The molecule has 4 aromatic rings. The van der Waals surface area contributed by atoms with Gasteiger partial charge >= 0.3 is 0 Å². The second kappa shape index (κ2) is 11.0. The van der Waals surface area contributed by atoms with Crippen molar-refractivity contribution in [1.29, 1.82) is 0 Å². The number of anilines is 1. The molecule has 4 heterocycles. The van der Waals surface area contributed by atoms with Crippen LogP contribution in [0, 0.1) is 0 Å². The van der Waals surface area contributed by atoms with Gasteiger partial charge in [0.1, 0.15) is 5.65 Å². The van der Waals surface area contributed by atoms with E-state index in [0.717, 1.165) is 75.8 Å². The molecule has 0 bridgehead atoms. The molecular formula is C30H37N7. The summed E-state index contributed by atoms with van der Waals surface area (Å²) in [5.74, 6) is 1.01. The minimum absolute atomic E-state index is 0.349. The molecule has 1 aliphatic heterocycles. The molecule has 6 rings (SSSR count). The van der Waals surface area contributed by atoms with Gasteiger partial charge in [-0.05, 0) is 69.0 Å². The normalized spacial score (nSPS) is 18.4. The number of rotatable bonds is 8. The summed E-state index contributed by atoms with van der Waals surface area (Å²) in [6.45, 7) is 6.10. The highest BCUT2D eigenvalue weighted by Gasteiger charge is 2.26. The van der Waals surface area contributed by atoms with Gasteiger partial charge in [-0.15, -0.1) is 0 Å². The van der Waals surface area contributed by atoms with Crippen LogP contribution in [0.25, 0.3) is 5.65 Å². The van der Waals surface area contributed by atoms with Crippen molar-refractivity contribution in [2.24, 2.45) is 0 Å². The third-order valence-corrected chi connectivity index (χ3v) is 7.96. The van der Waals surface area contributed by atoms with Crippen molar-refractivity contribution in [1.82, 2.24) is 29.2 Å². The van der Waals surface area contributed by atoms with Gasteiger partial charge in [0, 0.05) is 51.3 Å². The van der Waals surface area contributed by atoms with E-state index in [1.807, 2.05) is 18.5 Å². The molecular weight excluding hydrogens is 458 g/mol. The van der Waals surface area contributed by atoms with Gasteiger partial charge < -0.3 is 4.90 Å². The van der Waals surface area contributed by atoms with Crippen LogP contribution >= 0.6 is 0 Å². The maximum Gasteiger partial charge on any atom is 0.211 e. The van der Waals surface area contributed by atoms with Crippen LogP contribution in [-0.2, 0) is 19.4 Å². The monoisotopic (exact) mass is 495 g/mol. The first kappa shape index (κ1) is 24.1. The number of hydrogen-bond donors (Lipinski definition) is 0. The van der Waals surface area contributed by atoms with Crippen molar-refractivity contribution >= 4 is 11.6 Å². The minimum Gasteiger partial charge on any atom is -0.339 e. The van der Waals surface area contributed by atoms with Crippen molar-refractivity contribution in [3.05, 3.63) is 89.6 Å². The van der Waals surface area contributed by atoms with Gasteiger partial charge in [0.2, 0.25) is 5.95 Å². The van der Waals surface area contributed by atoms with Gasteiger partial charge in [0.25, 0.3) is 0 Å². The van der Waals surface area contributed by atoms with Crippen molar-refractivity contribution in [3.63, 3.8) is 0 Å². The molecule has 7 heteroatoms. The third-order valence-electron chi connectivity index (χ3n) is 7.96. The molecule has 192 valence electrons. The van der Waals surface area contributed by atoms with Crippen molar-refractivity contribution in [3.8, 4) is 0 Å². The highest BCUT2D eigenvalue weighted by atomic mass is 15.3. The largest absolute Gasteiger partial charge is 0.339 e. The number of piperazine rings is 1. The lowest BCUT2D eigenvalue weighted by atomic mass is 9.91. The number of imidazole rings is 1. The van der Waals surface area contributed by atoms with Gasteiger partial charge in [-0.2, -0.15) is 0 Å². The maximum absolute atomic E-state index is 4.97. The zero-order valence-corrected chi connectivity index (χ0v) is 21.8. The van der Waals surface area contributed by atoms with Crippen LogP contribution in [0.4, 0.5) is 5.95 Å². The van der Waals surface area contributed by atoms with E-state index in [9.17, 15) is 0 Å². The fraction of sp³-hybridized carbons (Fsp3) is 0.433. The Kier molecular flexibility index (Phi) is 7.15. The molecule has 37 heavy (non-hydrogen) atoms. The van der Waals surface area contributed by atoms with Gasteiger partial charge in [-0.1, -0.05) is 36.4 Å². The second-order valence-corrected chi connectivity index (χ2v) is 10.5. The molecule has 0 spiro atoms. The molecule has 1 atom stereocenters. The topological polar surface area (TPSA) is 52.8 Å². The van der Waals surface area contributed by atoms with Crippen LogP contribution < -0.4 is 4.90 Å². The molecule has 0 saturated carbocycles.